The Morgan fingerprint density at radius 1 is 1.58 bits per heavy atom. The molecule has 0 spiro atoms. The first kappa shape index (κ1) is 9.23. The number of oxime groups is 1. The summed E-state index contributed by atoms with van der Waals surface area (Å²) in [6, 6.07) is 0. The van der Waals surface area contributed by atoms with Crippen LogP contribution in [0.25, 0.3) is 0 Å². The van der Waals surface area contributed by atoms with Crippen molar-refractivity contribution >= 4 is 11.5 Å². The van der Waals surface area contributed by atoms with Gasteiger partial charge in [-0.2, -0.15) is 0 Å². The lowest BCUT2D eigenvalue weighted by Crippen LogP contribution is -2.23. The van der Waals surface area contributed by atoms with Crippen molar-refractivity contribution in [1.82, 2.24) is 0 Å². The molecule has 1 rings (SSSR count). The fraction of sp³-hybridized carbons (Fsp3) is 0.778. The Morgan fingerprint density at radius 2 is 2.17 bits per heavy atom. The summed E-state index contributed by atoms with van der Waals surface area (Å²) in [7, 11) is 0. The SMILES string of the molecule is CC(=O)C1CC(C(C)(C)C)=NO1. The van der Waals surface area contributed by atoms with E-state index >= 15 is 0 Å². The zero-order valence-electron chi connectivity index (χ0n) is 8.05. The predicted octanol–water partition coefficient (Wildman–Crippen LogP) is 1.77. The van der Waals surface area contributed by atoms with Crippen LogP contribution in [0.5, 0.6) is 0 Å². The monoisotopic (exact) mass is 169 g/mol. The van der Waals surface area contributed by atoms with Gasteiger partial charge in [0.05, 0.1) is 5.71 Å². The van der Waals surface area contributed by atoms with Crippen molar-refractivity contribution in [3.8, 4) is 0 Å². The predicted molar refractivity (Wildman–Crippen MR) is 47.1 cm³/mol. The first-order valence-corrected chi connectivity index (χ1v) is 4.15. The number of ketones is 1. The molecule has 1 atom stereocenters. The third-order valence-electron chi connectivity index (χ3n) is 1.99. The molecular weight excluding hydrogens is 154 g/mol. The fourth-order valence-electron chi connectivity index (χ4n) is 1.04. The van der Waals surface area contributed by atoms with Crippen molar-refractivity contribution in [3.05, 3.63) is 0 Å². The minimum atomic E-state index is -0.334. The number of Topliss-reactive ketones (excluding diaryl/α,β-unsaturated/α-hetero) is 1. The van der Waals surface area contributed by atoms with Crippen molar-refractivity contribution in [2.45, 2.75) is 40.2 Å². The summed E-state index contributed by atoms with van der Waals surface area (Å²) in [6.07, 6.45) is 0.318. The van der Waals surface area contributed by atoms with Crippen molar-refractivity contribution < 1.29 is 9.63 Å². The Bertz CT molecular complexity index is 225. The van der Waals surface area contributed by atoms with Crippen LogP contribution >= 0.6 is 0 Å². The molecule has 3 nitrogen and oxygen atoms in total. The van der Waals surface area contributed by atoms with E-state index in [1.165, 1.54) is 6.92 Å². The van der Waals surface area contributed by atoms with E-state index in [9.17, 15) is 4.79 Å². The van der Waals surface area contributed by atoms with Gasteiger partial charge in [-0.1, -0.05) is 25.9 Å². The zero-order chi connectivity index (χ0) is 9.35. The maximum atomic E-state index is 10.9. The summed E-state index contributed by atoms with van der Waals surface area (Å²) in [5, 5.41) is 3.91. The maximum absolute atomic E-state index is 10.9. The van der Waals surface area contributed by atoms with Crippen LogP contribution < -0.4 is 0 Å². The van der Waals surface area contributed by atoms with E-state index < -0.39 is 0 Å². The van der Waals surface area contributed by atoms with Crippen LogP contribution in [0.4, 0.5) is 0 Å². The van der Waals surface area contributed by atoms with Gasteiger partial charge in [0.2, 0.25) is 0 Å². The van der Waals surface area contributed by atoms with Crippen molar-refractivity contribution in [3.63, 3.8) is 0 Å². The summed E-state index contributed by atoms with van der Waals surface area (Å²) >= 11 is 0. The molecule has 0 aliphatic carbocycles. The maximum Gasteiger partial charge on any atom is 0.190 e. The Labute approximate surface area is 72.8 Å². The van der Waals surface area contributed by atoms with Gasteiger partial charge in [-0.15, -0.1) is 0 Å². The Morgan fingerprint density at radius 3 is 2.42 bits per heavy atom. The number of hydrogen-bond donors (Lipinski definition) is 0. The minimum absolute atomic E-state index is 0.0181. The molecule has 1 aliphatic rings. The molecule has 0 radical (unpaired) electrons. The average Bonchev–Trinajstić information content (AvgIpc) is 2.30. The van der Waals surface area contributed by atoms with Crippen LogP contribution in [0.2, 0.25) is 0 Å². The molecule has 0 bridgehead atoms. The van der Waals surface area contributed by atoms with Gasteiger partial charge in [0.25, 0.3) is 0 Å². The van der Waals surface area contributed by atoms with Gasteiger partial charge < -0.3 is 4.84 Å². The van der Waals surface area contributed by atoms with Crippen LogP contribution in [-0.4, -0.2) is 17.6 Å². The molecular formula is C9H15NO2. The molecule has 1 unspecified atom stereocenters. The number of carbonyl (C=O) groups excluding carboxylic acids is 1. The lowest BCUT2D eigenvalue weighted by atomic mass is 9.87. The molecule has 0 aromatic rings. The molecule has 0 saturated heterocycles. The summed E-state index contributed by atoms with van der Waals surface area (Å²) in [4.78, 5) is 15.9. The second-order valence-electron chi connectivity index (χ2n) is 4.20. The lowest BCUT2D eigenvalue weighted by molar-refractivity contribution is -0.126. The smallest absolute Gasteiger partial charge is 0.190 e. The molecule has 0 aromatic heterocycles. The summed E-state index contributed by atoms with van der Waals surface area (Å²) in [5.74, 6) is 0.0537. The molecule has 1 aliphatic heterocycles. The quantitative estimate of drug-likeness (QED) is 0.600. The molecule has 1 heterocycles. The Kier molecular flexibility index (Phi) is 2.22. The second kappa shape index (κ2) is 2.88. The largest absolute Gasteiger partial charge is 0.384 e. The fourth-order valence-corrected chi connectivity index (χ4v) is 1.04. The van der Waals surface area contributed by atoms with Crippen LogP contribution in [0.3, 0.4) is 0 Å². The van der Waals surface area contributed by atoms with E-state index in [-0.39, 0.29) is 17.3 Å². The first-order chi connectivity index (χ1) is 5.41. The minimum Gasteiger partial charge on any atom is -0.384 e. The molecule has 0 aromatic carbocycles. The summed E-state index contributed by atoms with van der Waals surface area (Å²) in [5.41, 5.74) is 0.993. The third kappa shape index (κ3) is 1.84. The summed E-state index contributed by atoms with van der Waals surface area (Å²) in [6.45, 7) is 7.74. The third-order valence-corrected chi connectivity index (χ3v) is 1.99. The number of rotatable bonds is 1. The van der Waals surface area contributed by atoms with Gasteiger partial charge >= 0.3 is 0 Å². The lowest BCUT2D eigenvalue weighted by Gasteiger charge is -2.16. The molecule has 3 heteroatoms. The molecule has 0 amide bonds. The highest BCUT2D eigenvalue weighted by molar-refractivity contribution is 5.95. The van der Waals surface area contributed by atoms with E-state index in [2.05, 4.69) is 25.9 Å². The van der Waals surface area contributed by atoms with E-state index in [0.717, 1.165) is 5.71 Å². The topological polar surface area (TPSA) is 38.7 Å². The van der Waals surface area contributed by atoms with Crippen LogP contribution in [-0.2, 0) is 9.63 Å². The second-order valence-corrected chi connectivity index (χ2v) is 4.20. The average molecular weight is 169 g/mol. The first-order valence-electron chi connectivity index (χ1n) is 4.15. The highest BCUT2D eigenvalue weighted by atomic mass is 16.6. The Hall–Kier alpha value is -0.860. The van der Waals surface area contributed by atoms with Gasteiger partial charge in [0.15, 0.2) is 11.9 Å². The van der Waals surface area contributed by atoms with E-state index in [1.807, 2.05) is 0 Å². The number of carbonyl (C=O) groups is 1. The van der Waals surface area contributed by atoms with Gasteiger partial charge in [0, 0.05) is 11.8 Å². The van der Waals surface area contributed by atoms with Crippen molar-refractivity contribution in [2.75, 3.05) is 0 Å². The molecule has 68 valence electrons. The van der Waals surface area contributed by atoms with Crippen LogP contribution in [0, 0.1) is 5.41 Å². The molecule has 0 saturated carbocycles. The van der Waals surface area contributed by atoms with Gasteiger partial charge in [0.1, 0.15) is 0 Å². The molecule has 12 heavy (non-hydrogen) atoms. The highest BCUT2D eigenvalue weighted by Gasteiger charge is 2.31. The van der Waals surface area contributed by atoms with Crippen LogP contribution in [0.1, 0.15) is 34.1 Å². The van der Waals surface area contributed by atoms with Crippen LogP contribution in [0.15, 0.2) is 5.16 Å². The van der Waals surface area contributed by atoms with Gasteiger partial charge in [-0.05, 0) is 6.92 Å². The molecule has 0 N–H and O–H groups in total. The van der Waals surface area contributed by atoms with E-state index in [1.54, 1.807) is 0 Å². The van der Waals surface area contributed by atoms with Gasteiger partial charge in [-0.3, -0.25) is 4.79 Å². The zero-order valence-corrected chi connectivity index (χ0v) is 8.05. The van der Waals surface area contributed by atoms with E-state index in [4.69, 9.17) is 4.84 Å². The Balaban J connectivity index is 2.61. The highest BCUT2D eigenvalue weighted by Crippen LogP contribution is 2.25. The number of hydrogen-bond acceptors (Lipinski definition) is 3. The van der Waals surface area contributed by atoms with Crippen molar-refractivity contribution in [1.29, 1.82) is 0 Å². The standard InChI is InChI=1S/C9H15NO2/c1-6(11)7-5-8(10-12-7)9(2,3)4/h7H,5H2,1-4H3. The molecule has 0 fully saturated rings. The normalized spacial score (nSPS) is 23.3. The number of nitrogens with zero attached hydrogens (tertiary/aromatic N) is 1. The van der Waals surface area contributed by atoms with E-state index in [0.29, 0.717) is 6.42 Å². The van der Waals surface area contributed by atoms with Crippen molar-refractivity contribution in [2.24, 2.45) is 10.6 Å². The summed E-state index contributed by atoms with van der Waals surface area (Å²) < 4.78 is 0. The van der Waals surface area contributed by atoms with Gasteiger partial charge in [-0.25, -0.2) is 0 Å².